The fourth-order valence-electron chi connectivity index (χ4n) is 2.25. The Balaban J connectivity index is 1.89. The van der Waals surface area contributed by atoms with E-state index in [0.717, 1.165) is 30.6 Å². The van der Waals surface area contributed by atoms with Crippen molar-refractivity contribution in [3.63, 3.8) is 0 Å². The SMILES string of the molecule is N#CC1(NC(=O)CSc2ccccc2Cl)CCCC1. The van der Waals surface area contributed by atoms with Crippen LogP contribution in [0.15, 0.2) is 29.2 Å². The average molecular weight is 295 g/mol. The fourth-order valence-corrected chi connectivity index (χ4v) is 3.29. The fraction of sp³-hybridized carbons (Fsp3) is 0.429. The van der Waals surface area contributed by atoms with Gasteiger partial charge in [0, 0.05) is 4.90 Å². The van der Waals surface area contributed by atoms with Gasteiger partial charge in [-0.05, 0) is 37.8 Å². The van der Waals surface area contributed by atoms with Crippen molar-refractivity contribution in [1.29, 1.82) is 5.26 Å². The van der Waals surface area contributed by atoms with Gasteiger partial charge in [0.2, 0.25) is 5.91 Å². The van der Waals surface area contributed by atoms with Crippen molar-refractivity contribution in [2.75, 3.05) is 5.75 Å². The second-order valence-electron chi connectivity index (χ2n) is 4.67. The van der Waals surface area contributed by atoms with Crippen molar-refractivity contribution in [3.05, 3.63) is 29.3 Å². The first-order chi connectivity index (χ1) is 9.15. The lowest BCUT2D eigenvalue weighted by molar-refractivity contribution is -0.119. The normalized spacial score (nSPS) is 16.8. The third kappa shape index (κ3) is 3.65. The maximum atomic E-state index is 11.9. The monoisotopic (exact) mass is 294 g/mol. The van der Waals surface area contributed by atoms with Crippen molar-refractivity contribution < 1.29 is 4.79 Å². The highest BCUT2D eigenvalue weighted by Gasteiger charge is 2.35. The number of benzene rings is 1. The molecule has 1 N–H and O–H groups in total. The molecule has 0 aliphatic heterocycles. The molecule has 0 heterocycles. The summed E-state index contributed by atoms with van der Waals surface area (Å²) in [5.41, 5.74) is -0.641. The molecule has 1 saturated carbocycles. The molecule has 0 spiro atoms. The second-order valence-corrected chi connectivity index (χ2v) is 6.09. The van der Waals surface area contributed by atoms with Crippen molar-refractivity contribution in [3.8, 4) is 6.07 Å². The average Bonchev–Trinajstić information content (AvgIpc) is 2.87. The van der Waals surface area contributed by atoms with Gasteiger partial charge < -0.3 is 5.32 Å². The maximum absolute atomic E-state index is 11.9. The van der Waals surface area contributed by atoms with Gasteiger partial charge in [0.15, 0.2) is 0 Å². The van der Waals surface area contributed by atoms with Crippen molar-refractivity contribution in [2.24, 2.45) is 0 Å². The Morgan fingerprint density at radius 2 is 2.11 bits per heavy atom. The van der Waals surface area contributed by atoms with Gasteiger partial charge >= 0.3 is 0 Å². The number of thioether (sulfide) groups is 1. The number of nitrogens with zero attached hydrogens (tertiary/aromatic N) is 1. The predicted octanol–water partition coefficient (Wildman–Crippen LogP) is 3.38. The first kappa shape index (κ1) is 14.2. The number of rotatable bonds is 4. The number of nitrogens with one attached hydrogen (secondary N) is 1. The van der Waals surface area contributed by atoms with Gasteiger partial charge in [-0.3, -0.25) is 4.79 Å². The number of nitriles is 1. The molecule has 0 radical (unpaired) electrons. The van der Waals surface area contributed by atoms with Gasteiger partial charge in [-0.25, -0.2) is 0 Å². The van der Waals surface area contributed by atoms with E-state index in [1.807, 2.05) is 18.2 Å². The van der Waals surface area contributed by atoms with Crippen LogP contribution in [0.4, 0.5) is 0 Å². The van der Waals surface area contributed by atoms with E-state index in [2.05, 4.69) is 11.4 Å². The number of carbonyl (C=O) groups is 1. The smallest absolute Gasteiger partial charge is 0.231 e. The lowest BCUT2D eigenvalue weighted by Crippen LogP contribution is -2.45. The number of halogens is 1. The molecule has 1 amide bonds. The Bertz CT molecular complexity index is 506. The maximum Gasteiger partial charge on any atom is 0.231 e. The summed E-state index contributed by atoms with van der Waals surface area (Å²) in [6.07, 6.45) is 3.52. The van der Waals surface area contributed by atoms with Crippen LogP contribution in [0.3, 0.4) is 0 Å². The minimum absolute atomic E-state index is 0.103. The molecule has 0 saturated heterocycles. The van der Waals surface area contributed by atoms with Crippen LogP contribution in [0.1, 0.15) is 25.7 Å². The van der Waals surface area contributed by atoms with Crippen LogP contribution < -0.4 is 5.32 Å². The highest BCUT2D eigenvalue weighted by atomic mass is 35.5. The number of amides is 1. The topological polar surface area (TPSA) is 52.9 Å². The van der Waals surface area contributed by atoms with Crippen LogP contribution in [-0.2, 0) is 4.79 Å². The molecule has 0 aromatic heterocycles. The molecule has 1 aliphatic carbocycles. The van der Waals surface area contributed by atoms with E-state index in [-0.39, 0.29) is 11.7 Å². The van der Waals surface area contributed by atoms with Crippen LogP contribution >= 0.6 is 23.4 Å². The van der Waals surface area contributed by atoms with Crippen LogP contribution in [-0.4, -0.2) is 17.2 Å². The van der Waals surface area contributed by atoms with Crippen molar-refractivity contribution in [1.82, 2.24) is 5.32 Å². The lowest BCUT2D eigenvalue weighted by atomic mass is 10.0. The number of hydrogen-bond donors (Lipinski definition) is 1. The molecule has 1 aromatic rings. The largest absolute Gasteiger partial charge is 0.337 e. The van der Waals surface area contributed by atoms with E-state index in [9.17, 15) is 10.1 Å². The van der Waals surface area contributed by atoms with Gasteiger partial charge in [0.05, 0.1) is 16.8 Å². The summed E-state index contributed by atoms with van der Waals surface area (Å²) in [6.45, 7) is 0. The first-order valence-corrected chi connectivity index (χ1v) is 7.61. The molecule has 1 aromatic carbocycles. The summed E-state index contributed by atoms with van der Waals surface area (Å²) < 4.78 is 0. The summed E-state index contributed by atoms with van der Waals surface area (Å²) in [6, 6.07) is 9.68. The van der Waals surface area contributed by atoms with E-state index < -0.39 is 5.54 Å². The summed E-state index contributed by atoms with van der Waals surface area (Å²) in [5.74, 6) is 0.182. The molecule has 0 bridgehead atoms. The molecule has 0 atom stereocenters. The van der Waals surface area contributed by atoms with E-state index >= 15 is 0 Å². The van der Waals surface area contributed by atoms with E-state index in [1.165, 1.54) is 11.8 Å². The van der Waals surface area contributed by atoms with E-state index in [1.54, 1.807) is 6.07 Å². The van der Waals surface area contributed by atoms with Gasteiger partial charge in [-0.1, -0.05) is 23.7 Å². The highest BCUT2D eigenvalue weighted by Crippen LogP contribution is 2.30. The van der Waals surface area contributed by atoms with Crippen molar-refractivity contribution >= 4 is 29.3 Å². The molecule has 3 nitrogen and oxygen atoms in total. The Kier molecular flexibility index (Phi) is 4.73. The van der Waals surface area contributed by atoms with Crippen molar-refractivity contribution in [2.45, 2.75) is 36.1 Å². The third-order valence-corrected chi connectivity index (χ3v) is 4.76. The Morgan fingerprint density at radius 1 is 1.42 bits per heavy atom. The molecule has 1 aliphatic rings. The minimum Gasteiger partial charge on any atom is -0.337 e. The minimum atomic E-state index is -0.641. The van der Waals surface area contributed by atoms with E-state index in [4.69, 9.17) is 11.6 Å². The number of carbonyl (C=O) groups excluding carboxylic acids is 1. The molecule has 2 rings (SSSR count). The van der Waals surface area contributed by atoms with Crippen LogP contribution in [0.5, 0.6) is 0 Å². The highest BCUT2D eigenvalue weighted by molar-refractivity contribution is 8.00. The molecular weight excluding hydrogens is 280 g/mol. The number of hydrogen-bond acceptors (Lipinski definition) is 3. The first-order valence-electron chi connectivity index (χ1n) is 6.25. The molecule has 0 unspecified atom stereocenters. The lowest BCUT2D eigenvalue weighted by Gasteiger charge is -2.21. The predicted molar refractivity (Wildman–Crippen MR) is 77.1 cm³/mol. The van der Waals surface area contributed by atoms with Crippen LogP contribution in [0, 0.1) is 11.3 Å². The summed E-state index contributed by atoms with van der Waals surface area (Å²) in [4.78, 5) is 12.8. The van der Waals surface area contributed by atoms with Gasteiger partial charge in [0.25, 0.3) is 0 Å². The Labute approximate surface area is 122 Å². The van der Waals surface area contributed by atoms with Gasteiger partial charge in [-0.15, -0.1) is 11.8 Å². The molecule has 19 heavy (non-hydrogen) atoms. The Morgan fingerprint density at radius 3 is 2.74 bits per heavy atom. The third-order valence-electron chi connectivity index (χ3n) is 3.25. The standard InChI is InChI=1S/C14H15ClN2OS/c15-11-5-1-2-6-12(11)19-9-13(18)17-14(10-16)7-3-4-8-14/h1-2,5-6H,3-4,7-9H2,(H,17,18). The summed E-state index contributed by atoms with van der Waals surface area (Å²) >= 11 is 7.42. The molecule has 5 heteroatoms. The van der Waals surface area contributed by atoms with Gasteiger partial charge in [-0.2, -0.15) is 5.26 Å². The van der Waals surface area contributed by atoms with Crippen LogP contribution in [0.2, 0.25) is 5.02 Å². The van der Waals surface area contributed by atoms with Gasteiger partial charge in [0.1, 0.15) is 5.54 Å². The summed E-state index contributed by atoms with van der Waals surface area (Å²) in [7, 11) is 0. The molecule has 100 valence electrons. The second kappa shape index (κ2) is 6.31. The summed E-state index contributed by atoms with van der Waals surface area (Å²) in [5, 5.41) is 12.7. The zero-order valence-electron chi connectivity index (χ0n) is 10.5. The zero-order chi connectivity index (χ0) is 13.7. The quantitative estimate of drug-likeness (QED) is 0.866. The van der Waals surface area contributed by atoms with Crippen LogP contribution in [0.25, 0.3) is 0 Å². The molecular formula is C14H15ClN2OS. The molecule has 1 fully saturated rings. The van der Waals surface area contributed by atoms with E-state index in [0.29, 0.717) is 5.02 Å². The Hall–Kier alpha value is -1.18. The zero-order valence-corrected chi connectivity index (χ0v) is 12.1.